The van der Waals surface area contributed by atoms with Gasteiger partial charge in [-0.15, -0.1) is 0 Å². The first kappa shape index (κ1) is 26.1. The summed E-state index contributed by atoms with van der Waals surface area (Å²) in [6.45, 7) is 9.91. The Labute approximate surface area is 207 Å². The van der Waals surface area contributed by atoms with Crippen LogP contribution in [0.5, 0.6) is 11.5 Å². The highest BCUT2D eigenvalue weighted by atomic mass is 32.2. The summed E-state index contributed by atoms with van der Waals surface area (Å²) >= 11 is 0. The van der Waals surface area contributed by atoms with Crippen LogP contribution in [0, 0.1) is 6.92 Å². The van der Waals surface area contributed by atoms with E-state index in [1.165, 1.54) is 36.9 Å². The first-order valence-corrected chi connectivity index (χ1v) is 12.7. The summed E-state index contributed by atoms with van der Waals surface area (Å²) in [4.78, 5) is 12.6. The second kappa shape index (κ2) is 10.4. The third-order valence-electron chi connectivity index (χ3n) is 5.43. The number of rotatable bonds is 8. The van der Waals surface area contributed by atoms with Gasteiger partial charge in [-0.25, -0.2) is 8.42 Å². The summed E-state index contributed by atoms with van der Waals surface area (Å²) in [5.74, 6) is 0.674. The van der Waals surface area contributed by atoms with E-state index in [0.29, 0.717) is 22.9 Å². The number of benzene rings is 3. The molecule has 3 aromatic rings. The lowest BCUT2D eigenvalue weighted by Crippen LogP contribution is -2.30. The van der Waals surface area contributed by atoms with Crippen LogP contribution in [0.1, 0.15) is 38.8 Å². The molecule has 0 spiro atoms. The minimum atomic E-state index is -3.85. The first-order valence-electron chi connectivity index (χ1n) is 11.2. The van der Waals surface area contributed by atoms with Crippen LogP contribution in [0.4, 0.5) is 11.4 Å². The zero-order valence-corrected chi connectivity index (χ0v) is 21.7. The van der Waals surface area contributed by atoms with Crippen LogP contribution in [-0.4, -0.2) is 27.5 Å². The number of sulfonamides is 1. The maximum atomic E-state index is 12.8. The number of ether oxygens (including phenoxy) is 2. The summed E-state index contributed by atoms with van der Waals surface area (Å²) in [6, 6.07) is 18.8. The van der Waals surface area contributed by atoms with Gasteiger partial charge in [0, 0.05) is 5.69 Å². The summed E-state index contributed by atoms with van der Waals surface area (Å²) in [5, 5.41) is 2.75. The Morgan fingerprint density at radius 3 is 2.14 bits per heavy atom. The van der Waals surface area contributed by atoms with Crippen molar-refractivity contribution in [3.05, 3.63) is 77.9 Å². The fraction of sp³-hybridized carbons (Fsp3) is 0.296. The highest BCUT2D eigenvalue weighted by Gasteiger charge is 2.19. The molecule has 186 valence electrons. The van der Waals surface area contributed by atoms with Crippen molar-refractivity contribution in [2.24, 2.45) is 0 Å². The van der Waals surface area contributed by atoms with E-state index in [0.717, 1.165) is 5.56 Å². The molecule has 0 saturated heterocycles. The molecule has 0 saturated carbocycles. The van der Waals surface area contributed by atoms with Crippen LogP contribution in [-0.2, 0) is 20.2 Å². The third-order valence-corrected chi connectivity index (χ3v) is 6.82. The van der Waals surface area contributed by atoms with Crippen LogP contribution >= 0.6 is 0 Å². The van der Waals surface area contributed by atoms with Crippen LogP contribution in [0.2, 0.25) is 0 Å². The van der Waals surface area contributed by atoms with E-state index in [9.17, 15) is 13.2 Å². The number of carbonyl (C=O) groups excluding carboxylic acids is 1. The largest absolute Gasteiger partial charge is 0.495 e. The fourth-order valence-electron chi connectivity index (χ4n) is 3.36. The lowest BCUT2D eigenvalue weighted by atomic mass is 9.87. The standard InChI is InChI=1S/C27H32N2O5S/c1-18-7-16-25(33-6)24(17-18)29-35(31,32)23-14-10-21(11-15-23)28-26(30)19(2)34-22-12-8-20(9-13-22)27(3,4)5/h7-17,19,29H,1-6H3,(H,28,30)/t19-/m0/s1. The van der Waals surface area contributed by atoms with E-state index in [2.05, 4.69) is 30.8 Å². The van der Waals surface area contributed by atoms with Gasteiger partial charge in [0.05, 0.1) is 17.7 Å². The van der Waals surface area contributed by atoms with Crippen LogP contribution in [0.15, 0.2) is 71.6 Å². The highest BCUT2D eigenvalue weighted by Crippen LogP contribution is 2.28. The Kier molecular flexibility index (Phi) is 7.75. The molecule has 0 radical (unpaired) electrons. The van der Waals surface area contributed by atoms with Gasteiger partial charge >= 0.3 is 0 Å². The molecule has 2 N–H and O–H groups in total. The van der Waals surface area contributed by atoms with Crippen molar-refractivity contribution < 1.29 is 22.7 Å². The lowest BCUT2D eigenvalue weighted by Gasteiger charge is -2.20. The molecular weight excluding hydrogens is 464 g/mol. The van der Waals surface area contributed by atoms with Gasteiger partial charge in [-0.3, -0.25) is 9.52 Å². The van der Waals surface area contributed by atoms with E-state index >= 15 is 0 Å². The summed E-state index contributed by atoms with van der Waals surface area (Å²) in [5.41, 5.74) is 2.91. The number of hydrogen-bond acceptors (Lipinski definition) is 5. The van der Waals surface area contributed by atoms with Crippen LogP contribution in [0.3, 0.4) is 0 Å². The number of anilines is 2. The zero-order valence-electron chi connectivity index (χ0n) is 20.9. The van der Waals surface area contributed by atoms with Gasteiger partial charge in [-0.1, -0.05) is 39.0 Å². The molecule has 1 atom stereocenters. The van der Waals surface area contributed by atoms with Crippen molar-refractivity contribution >= 4 is 27.3 Å². The van der Waals surface area contributed by atoms with Crippen LogP contribution in [0.25, 0.3) is 0 Å². The topological polar surface area (TPSA) is 93.7 Å². The predicted octanol–water partition coefficient (Wildman–Crippen LogP) is 5.51. The Hall–Kier alpha value is -3.52. The fourth-order valence-corrected chi connectivity index (χ4v) is 4.42. The molecule has 0 fully saturated rings. The Morgan fingerprint density at radius 1 is 0.943 bits per heavy atom. The second-order valence-electron chi connectivity index (χ2n) is 9.36. The molecule has 0 unspecified atom stereocenters. The van der Waals surface area contributed by atoms with Crippen molar-refractivity contribution in [3.63, 3.8) is 0 Å². The van der Waals surface area contributed by atoms with Crippen molar-refractivity contribution in [1.29, 1.82) is 0 Å². The number of methoxy groups -OCH3 is 1. The Morgan fingerprint density at radius 2 is 1.57 bits per heavy atom. The van der Waals surface area contributed by atoms with E-state index in [-0.39, 0.29) is 16.2 Å². The monoisotopic (exact) mass is 496 g/mol. The van der Waals surface area contributed by atoms with Gasteiger partial charge in [-0.2, -0.15) is 0 Å². The Bertz CT molecular complexity index is 1280. The van der Waals surface area contributed by atoms with Crippen molar-refractivity contribution in [2.45, 2.75) is 51.0 Å². The maximum absolute atomic E-state index is 12.8. The number of amides is 1. The van der Waals surface area contributed by atoms with Gasteiger partial charge in [0.15, 0.2) is 6.10 Å². The quantitative estimate of drug-likeness (QED) is 0.429. The van der Waals surface area contributed by atoms with E-state index < -0.39 is 16.1 Å². The number of hydrogen-bond donors (Lipinski definition) is 2. The van der Waals surface area contributed by atoms with Crippen molar-refractivity contribution in [3.8, 4) is 11.5 Å². The van der Waals surface area contributed by atoms with Gasteiger partial charge < -0.3 is 14.8 Å². The maximum Gasteiger partial charge on any atom is 0.265 e. The lowest BCUT2D eigenvalue weighted by molar-refractivity contribution is -0.122. The summed E-state index contributed by atoms with van der Waals surface area (Å²) in [6.07, 6.45) is -0.741. The minimum absolute atomic E-state index is 0.0305. The molecule has 3 aromatic carbocycles. The van der Waals surface area contributed by atoms with Crippen molar-refractivity contribution in [2.75, 3.05) is 17.1 Å². The number of carbonyl (C=O) groups is 1. The highest BCUT2D eigenvalue weighted by molar-refractivity contribution is 7.92. The summed E-state index contributed by atoms with van der Waals surface area (Å²) < 4.78 is 39.2. The molecule has 0 aliphatic carbocycles. The zero-order chi connectivity index (χ0) is 25.8. The smallest absolute Gasteiger partial charge is 0.265 e. The van der Waals surface area contributed by atoms with E-state index in [1.54, 1.807) is 19.1 Å². The predicted molar refractivity (Wildman–Crippen MR) is 139 cm³/mol. The van der Waals surface area contributed by atoms with E-state index in [4.69, 9.17) is 9.47 Å². The molecule has 8 heteroatoms. The average molecular weight is 497 g/mol. The second-order valence-corrected chi connectivity index (χ2v) is 11.0. The number of aryl methyl sites for hydroxylation is 1. The molecule has 0 heterocycles. The van der Waals surface area contributed by atoms with E-state index in [1.807, 2.05) is 37.3 Å². The van der Waals surface area contributed by atoms with Gasteiger partial charge in [-0.05, 0) is 78.9 Å². The average Bonchev–Trinajstić information content (AvgIpc) is 2.79. The third kappa shape index (κ3) is 6.76. The molecule has 0 bridgehead atoms. The molecule has 3 rings (SSSR count). The molecular formula is C27H32N2O5S. The molecule has 1 amide bonds. The molecule has 35 heavy (non-hydrogen) atoms. The van der Waals surface area contributed by atoms with Crippen LogP contribution < -0.4 is 19.5 Å². The van der Waals surface area contributed by atoms with Gasteiger partial charge in [0.1, 0.15) is 11.5 Å². The SMILES string of the molecule is COc1ccc(C)cc1NS(=O)(=O)c1ccc(NC(=O)[C@H](C)Oc2ccc(C(C)(C)C)cc2)cc1. The first-order chi connectivity index (χ1) is 16.4. The molecule has 7 nitrogen and oxygen atoms in total. The summed E-state index contributed by atoms with van der Waals surface area (Å²) in [7, 11) is -2.37. The minimum Gasteiger partial charge on any atom is -0.495 e. The normalized spacial score (nSPS) is 12.5. The van der Waals surface area contributed by atoms with Crippen molar-refractivity contribution in [1.82, 2.24) is 0 Å². The molecule has 0 aliphatic heterocycles. The molecule has 0 aromatic heterocycles. The number of nitrogens with one attached hydrogen (secondary N) is 2. The van der Waals surface area contributed by atoms with Gasteiger partial charge in [0.2, 0.25) is 0 Å². The molecule has 0 aliphatic rings. The van der Waals surface area contributed by atoms with Gasteiger partial charge in [0.25, 0.3) is 15.9 Å². The Balaban J connectivity index is 1.64.